The topological polar surface area (TPSA) is 105 Å². The molecule has 0 fully saturated rings. The van der Waals surface area contributed by atoms with Gasteiger partial charge in [0.15, 0.2) is 6.61 Å². The Hall–Kier alpha value is -3.56. The summed E-state index contributed by atoms with van der Waals surface area (Å²) in [5.74, 6) is -0.482. The largest absolute Gasteiger partial charge is 0.482 e. The second-order valence-electron chi connectivity index (χ2n) is 7.60. The van der Waals surface area contributed by atoms with E-state index in [-0.39, 0.29) is 29.6 Å². The van der Waals surface area contributed by atoms with Crippen molar-refractivity contribution in [2.75, 3.05) is 29.3 Å². The first kappa shape index (κ1) is 23.6. The lowest BCUT2D eigenvalue weighted by atomic mass is 10.1. The van der Waals surface area contributed by atoms with Crippen LogP contribution in [0.1, 0.15) is 5.56 Å². The van der Waals surface area contributed by atoms with Gasteiger partial charge in [0.2, 0.25) is 5.91 Å². The monoisotopic (exact) mass is 499 g/mol. The van der Waals surface area contributed by atoms with Crippen LogP contribution in [0.4, 0.5) is 11.4 Å². The third-order valence-electron chi connectivity index (χ3n) is 5.16. The van der Waals surface area contributed by atoms with Crippen LogP contribution in [0.25, 0.3) is 0 Å². The Morgan fingerprint density at radius 2 is 1.76 bits per heavy atom. The summed E-state index contributed by atoms with van der Waals surface area (Å²) >= 11 is 5.88. The van der Waals surface area contributed by atoms with Crippen LogP contribution in [-0.2, 0) is 26.0 Å². The number of fused-ring (bicyclic) bond motifs is 1. The van der Waals surface area contributed by atoms with Gasteiger partial charge in [-0.05, 0) is 54.4 Å². The minimum Gasteiger partial charge on any atom is -0.482 e. The number of amides is 2. The molecule has 0 atom stereocenters. The molecule has 3 aromatic rings. The van der Waals surface area contributed by atoms with E-state index >= 15 is 0 Å². The van der Waals surface area contributed by atoms with Crippen molar-refractivity contribution in [1.29, 1.82) is 0 Å². The zero-order valence-electron chi connectivity index (χ0n) is 18.0. The molecule has 0 spiro atoms. The summed E-state index contributed by atoms with van der Waals surface area (Å²) in [5, 5.41) is 3.42. The number of carbonyl (C=O) groups excluding carboxylic acids is 2. The minimum atomic E-state index is -3.92. The van der Waals surface area contributed by atoms with Crippen molar-refractivity contribution >= 4 is 44.8 Å². The average Bonchev–Trinajstić information content (AvgIpc) is 2.82. The number of nitrogens with zero attached hydrogens (tertiary/aromatic N) is 1. The summed E-state index contributed by atoms with van der Waals surface area (Å²) in [6, 6.07) is 20.0. The molecule has 0 aliphatic carbocycles. The van der Waals surface area contributed by atoms with Gasteiger partial charge in [-0.25, -0.2) is 8.42 Å². The van der Waals surface area contributed by atoms with Gasteiger partial charge in [0.05, 0.1) is 10.6 Å². The lowest BCUT2D eigenvalue weighted by Crippen LogP contribution is -2.45. The number of nitrogens with one attached hydrogen (secondary N) is 2. The van der Waals surface area contributed by atoms with Crippen molar-refractivity contribution in [2.45, 2.75) is 11.3 Å². The van der Waals surface area contributed by atoms with E-state index in [2.05, 4.69) is 10.0 Å². The summed E-state index contributed by atoms with van der Waals surface area (Å²) < 4.78 is 33.6. The van der Waals surface area contributed by atoms with E-state index in [9.17, 15) is 18.0 Å². The van der Waals surface area contributed by atoms with Gasteiger partial charge in [-0.15, -0.1) is 0 Å². The third kappa shape index (κ3) is 5.67. The molecule has 3 aromatic carbocycles. The molecule has 1 heterocycles. The second kappa shape index (κ2) is 10.1. The Morgan fingerprint density at radius 3 is 2.50 bits per heavy atom. The summed E-state index contributed by atoms with van der Waals surface area (Å²) in [6.45, 7) is -0.119. The second-order valence-corrected chi connectivity index (χ2v) is 9.71. The SMILES string of the molecule is O=C(CN1C(=O)COc2ccc(S(=O)(=O)Nc3ccccc3)cc21)NCCc1ccc(Cl)cc1. The van der Waals surface area contributed by atoms with Crippen molar-refractivity contribution in [3.05, 3.63) is 83.4 Å². The lowest BCUT2D eigenvalue weighted by Gasteiger charge is -2.29. The Morgan fingerprint density at radius 1 is 1.03 bits per heavy atom. The molecule has 0 aromatic heterocycles. The van der Waals surface area contributed by atoms with Crippen molar-refractivity contribution in [3.63, 3.8) is 0 Å². The van der Waals surface area contributed by atoms with Crippen LogP contribution >= 0.6 is 11.6 Å². The van der Waals surface area contributed by atoms with Gasteiger partial charge in [-0.1, -0.05) is 41.9 Å². The number of anilines is 2. The highest BCUT2D eigenvalue weighted by Crippen LogP contribution is 2.34. The first-order valence-electron chi connectivity index (χ1n) is 10.5. The summed E-state index contributed by atoms with van der Waals surface area (Å²) in [4.78, 5) is 26.2. The lowest BCUT2D eigenvalue weighted by molar-refractivity contribution is -0.125. The van der Waals surface area contributed by atoms with Crippen LogP contribution in [-0.4, -0.2) is 39.9 Å². The normalized spacial score (nSPS) is 13.1. The van der Waals surface area contributed by atoms with Crippen molar-refractivity contribution in [1.82, 2.24) is 5.32 Å². The molecule has 1 aliphatic rings. The Balaban J connectivity index is 1.46. The molecular weight excluding hydrogens is 478 g/mol. The highest BCUT2D eigenvalue weighted by molar-refractivity contribution is 7.92. The Bertz CT molecular complexity index is 1300. The van der Waals surface area contributed by atoms with E-state index in [4.69, 9.17) is 16.3 Å². The molecule has 0 bridgehead atoms. The van der Waals surface area contributed by atoms with E-state index in [1.807, 2.05) is 12.1 Å². The quantitative estimate of drug-likeness (QED) is 0.495. The zero-order valence-corrected chi connectivity index (χ0v) is 19.6. The van der Waals surface area contributed by atoms with Gasteiger partial charge in [-0.3, -0.25) is 19.2 Å². The number of hydrogen-bond acceptors (Lipinski definition) is 5. The minimum absolute atomic E-state index is 0.0541. The van der Waals surface area contributed by atoms with E-state index in [0.29, 0.717) is 29.4 Å². The van der Waals surface area contributed by atoms with Gasteiger partial charge >= 0.3 is 0 Å². The number of rotatable bonds is 8. The van der Waals surface area contributed by atoms with Crippen LogP contribution < -0.4 is 19.7 Å². The molecule has 8 nitrogen and oxygen atoms in total. The van der Waals surface area contributed by atoms with Gasteiger partial charge < -0.3 is 10.1 Å². The highest BCUT2D eigenvalue weighted by Gasteiger charge is 2.29. The maximum atomic E-state index is 12.9. The first-order valence-corrected chi connectivity index (χ1v) is 12.3. The number of sulfonamides is 1. The Labute approximate surface area is 202 Å². The van der Waals surface area contributed by atoms with Crippen LogP contribution in [0.15, 0.2) is 77.7 Å². The highest BCUT2D eigenvalue weighted by atomic mass is 35.5. The van der Waals surface area contributed by atoms with E-state index < -0.39 is 15.9 Å². The number of benzene rings is 3. The molecule has 0 saturated carbocycles. The van der Waals surface area contributed by atoms with Crippen molar-refractivity contribution < 1.29 is 22.7 Å². The molecule has 0 saturated heterocycles. The smallest absolute Gasteiger partial charge is 0.265 e. The number of para-hydroxylation sites is 1. The van der Waals surface area contributed by atoms with Crippen LogP contribution in [0.2, 0.25) is 5.02 Å². The number of halogens is 1. The van der Waals surface area contributed by atoms with E-state index in [1.54, 1.807) is 42.5 Å². The fraction of sp³-hybridized carbons (Fsp3) is 0.167. The fourth-order valence-corrected chi connectivity index (χ4v) is 4.64. The first-order chi connectivity index (χ1) is 16.3. The molecule has 176 valence electrons. The zero-order chi connectivity index (χ0) is 24.1. The standard InChI is InChI=1S/C24H22ClN3O5S/c25-18-8-6-17(7-9-18)12-13-26-23(29)15-28-21-14-20(10-11-22(21)33-16-24(28)30)34(31,32)27-19-4-2-1-3-5-19/h1-11,14,27H,12-13,15-16H2,(H,26,29). The van der Waals surface area contributed by atoms with E-state index in [0.717, 1.165) is 5.56 Å². The van der Waals surface area contributed by atoms with Gasteiger partial charge in [0.1, 0.15) is 12.3 Å². The summed E-state index contributed by atoms with van der Waals surface area (Å²) in [7, 11) is -3.92. The average molecular weight is 500 g/mol. The number of carbonyl (C=O) groups is 2. The summed E-state index contributed by atoms with van der Waals surface area (Å²) in [6.07, 6.45) is 0.601. The molecule has 0 radical (unpaired) electrons. The molecule has 1 aliphatic heterocycles. The predicted octanol–water partition coefficient (Wildman–Crippen LogP) is 3.23. The van der Waals surface area contributed by atoms with Crippen molar-refractivity contribution in [2.24, 2.45) is 0 Å². The summed E-state index contributed by atoms with van der Waals surface area (Å²) in [5.41, 5.74) is 1.64. The predicted molar refractivity (Wildman–Crippen MR) is 130 cm³/mol. The molecule has 34 heavy (non-hydrogen) atoms. The molecule has 10 heteroatoms. The third-order valence-corrected chi connectivity index (χ3v) is 6.79. The van der Waals surface area contributed by atoms with Crippen LogP contribution in [0, 0.1) is 0 Å². The van der Waals surface area contributed by atoms with Crippen LogP contribution in [0.5, 0.6) is 5.75 Å². The molecular formula is C24H22ClN3O5S. The maximum Gasteiger partial charge on any atom is 0.265 e. The maximum absolute atomic E-state index is 12.9. The molecule has 2 amide bonds. The van der Waals surface area contributed by atoms with Crippen LogP contribution in [0.3, 0.4) is 0 Å². The number of hydrogen-bond donors (Lipinski definition) is 2. The molecule has 4 rings (SSSR count). The Kier molecular flexibility index (Phi) is 7.04. The van der Waals surface area contributed by atoms with E-state index in [1.165, 1.54) is 23.1 Å². The molecule has 2 N–H and O–H groups in total. The van der Waals surface area contributed by atoms with Gasteiger partial charge in [0, 0.05) is 17.3 Å². The fourth-order valence-electron chi connectivity index (χ4n) is 3.44. The van der Waals surface area contributed by atoms with Gasteiger partial charge in [0.25, 0.3) is 15.9 Å². The van der Waals surface area contributed by atoms with Crippen molar-refractivity contribution in [3.8, 4) is 5.75 Å². The molecule has 0 unspecified atom stereocenters. The van der Waals surface area contributed by atoms with Gasteiger partial charge in [-0.2, -0.15) is 0 Å². The number of ether oxygens (including phenoxy) is 1.